The smallest absolute Gasteiger partial charge is 0.408 e. The molecule has 0 fully saturated rings. The monoisotopic (exact) mass is 360 g/mol. The maximum Gasteiger partial charge on any atom is 0.408 e. The standard InChI is InChI=1S/C14H18BrFN2O3/c1-14(2,3)21-13(20)18-11(12(17)19)7-8-6-9(15)4-5-10(8)16/h4-6,11H,7H2,1-3H3,(H2,17,19)(H,18,20)/t11-/m0/s1. The predicted octanol–water partition coefficient (Wildman–Crippen LogP) is 2.51. The third kappa shape index (κ3) is 6.12. The summed E-state index contributed by atoms with van der Waals surface area (Å²) in [4.78, 5) is 23.1. The van der Waals surface area contributed by atoms with E-state index in [1.165, 1.54) is 12.1 Å². The Morgan fingerprint density at radius 1 is 1.43 bits per heavy atom. The lowest BCUT2D eigenvalue weighted by atomic mass is 10.1. The minimum Gasteiger partial charge on any atom is -0.444 e. The topological polar surface area (TPSA) is 81.4 Å². The van der Waals surface area contributed by atoms with E-state index in [-0.39, 0.29) is 12.0 Å². The maximum atomic E-state index is 13.7. The molecule has 0 aliphatic carbocycles. The van der Waals surface area contributed by atoms with Gasteiger partial charge < -0.3 is 15.8 Å². The Hall–Kier alpha value is -1.63. The zero-order valence-corrected chi connectivity index (χ0v) is 13.7. The Balaban J connectivity index is 2.81. The van der Waals surface area contributed by atoms with Crippen molar-refractivity contribution in [3.05, 3.63) is 34.1 Å². The highest BCUT2D eigenvalue weighted by Gasteiger charge is 2.24. The third-order valence-electron chi connectivity index (χ3n) is 2.47. The van der Waals surface area contributed by atoms with Crippen molar-refractivity contribution in [2.45, 2.75) is 38.8 Å². The van der Waals surface area contributed by atoms with Gasteiger partial charge in [-0.15, -0.1) is 0 Å². The maximum absolute atomic E-state index is 13.7. The predicted molar refractivity (Wildman–Crippen MR) is 80.2 cm³/mol. The van der Waals surface area contributed by atoms with Gasteiger partial charge in [0.25, 0.3) is 0 Å². The first-order valence-electron chi connectivity index (χ1n) is 6.31. The number of alkyl carbamates (subject to hydrolysis) is 1. The number of nitrogens with two attached hydrogens (primary N) is 1. The van der Waals surface area contributed by atoms with Crippen LogP contribution in [0.1, 0.15) is 26.3 Å². The van der Waals surface area contributed by atoms with Gasteiger partial charge in [0.1, 0.15) is 17.5 Å². The second kappa shape index (κ2) is 6.89. The molecule has 0 saturated carbocycles. The molecule has 1 aromatic carbocycles. The molecule has 0 saturated heterocycles. The molecule has 2 amide bonds. The van der Waals surface area contributed by atoms with E-state index in [1.54, 1.807) is 26.8 Å². The number of rotatable bonds is 4. The van der Waals surface area contributed by atoms with Crippen LogP contribution in [0.2, 0.25) is 0 Å². The van der Waals surface area contributed by atoms with Gasteiger partial charge in [-0.1, -0.05) is 15.9 Å². The lowest BCUT2D eigenvalue weighted by molar-refractivity contribution is -0.120. The molecule has 116 valence electrons. The number of carbonyl (C=O) groups is 2. The third-order valence-corrected chi connectivity index (χ3v) is 2.96. The van der Waals surface area contributed by atoms with E-state index in [1.807, 2.05) is 0 Å². The summed E-state index contributed by atoms with van der Waals surface area (Å²) in [6.07, 6.45) is -0.832. The van der Waals surface area contributed by atoms with E-state index in [9.17, 15) is 14.0 Å². The fraction of sp³-hybridized carbons (Fsp3) is 0.429. The summed E-state index contributed by atoms with van der Waals surface area (Å²) in [7, 11) is 0. The van der Waals surface area contributed by atoms with Crippen molar-refractivity contribution in [1.82, 2.24) is 5.32 Å². The average Bonchev–Trinajstić information content (AvgIpc) is 2.30. The van der Waals surface area contributed by atoms with Crippen LogP contribution in [0.5, 0.6) is 0 Å². The summed E-state index contributed by atoms with van der Waals surface area (Å²) >= 11 is 3.22. The van der Waals surface area contributed by atoms with E-state index in [2.05, 4.69) is 21.2 Å². The molecule has 7 heteroatoms. The Morgan fingerprint density at radius 3 is 2.57 bits per heavy atom. The number of hydrogen-bond acceptors (Lipinski definition) is 3. The molecule has 0 spiro atoms. The lowest BCUT2D eigenvalue weighted by Crippen LogP contribution is -2.47. The highest BCUT2D eigenvalue weighted by molar-refractivity contribution is 9.10. The molecule has 0 aliphatic heterocycles. The van der Waals surface area contributed by atoms with Gasteiger partial charge >= 0.3 is 6.09 Å². The highest BCUT2D eigenvalue weighted by atomic mass is 79.9. The Kier molecular flexibility index (Phi) is 5.71. The van der Waals surface area contributed by atoms with E-state index in [4.69, 9.17) is 10.5 Å². The SMILES string of the molecule is CC(C)(C)OC(=O)N[C@@H](Cc1cc(Br)ccc1F)C(N)=O. The van der Waals surface area contributed by atoms with Crippen LogP contribution < -0.4 is 11.1 Å². The van der Waals surface area contributed by atoms with E-state index in [0.29, 0.717) is 4.47 Å². The van der Waals surface area contributed by atoms with Crippen molar-refractivity contribution in [3.8, 4) is 0 Å². The largest absolute Gasteiger partial charge is 0.444 e. The molecule has 21 heavy (non-hydrogen) atoms. The molecular weight excluding hydrogens is 343 g/mol. The molecule has 0 unspecified atom stereocenters. The molecular formula is C14H18BrFN2O3. The minimum atomic E-state index is -1.05. The van der Waals surface area contributed by atoms with Crippen molar-refractivity contribution >= 4 is 27.9 Å². The van der Waals surface area contributed by atoms with E-state index in [0.717, 1.165) is 0 Å². The fourth-order valence-corrected chi connectivity index (χ4v) is 2.00. The highest BCUT2D eigenvalue weighted by Crippen LogP contribution is 2.17. The van der Waals surface area contributed by atoms with Crippen LogP contribution in [0.4, 0.5) is 9.18 Å². The molecule has 0 heterocycles. The summed E-state index contributed by atoms with van der Waals surface area (Å²) < 4.78 is 19.4. The van der Waals surface area contributed by atoms with Crippen molar-refractivity contribution < 1.29 is 18.7 Å². The van der Waals surface area contributed by atoms with Crippen molar-refractivity contribution in [3.63, 3.8) is 0 Å². The number of benzene rings is 1. The molecule has 0 aliphatic rings. The van der Waals surface area contributed by atoms with Crippen LogP contribution in [0.15, 0.2) is 22.7 Å². The van der Waals surface area contributed by atoms with Gasteiger partial charge in [0.15, 0.2) is 0 Å². The molecule has 0 aromatic heterocycles. The first-order chi connectivity index (χ1) is 9.58. The first-order valence-corrected chi connectivity index (χ1v) is 7.10. The molecule has 3 N–H and O–H groups in total. The number of nitrogens with one attached hydrogen (secondary N) is 1. The van der Waals surface area contributed by atoms with Gasteiger partial charge in [-0.2, -0.15) is 0 Å². The number of amides is 2. The molecule has 1 atom stereocenters. The normalized spacial score (nSPS) is 12.6. The number of carbonyl (C=O) groups excluding carboxylic acids is 2. The van der Waals surface area contributed by atoms with Crippen molar-refractivity contribution in [2.75, 3.05) is 0 Å². The van der Waals surface area contributed by atoms with Gasteiger partial charge in [0.2, 0.25) is 5.91 Å². The van der Waals surface area contributed by atoms with E-state index >= 15 is 0 Å². The number of primary amides is 1. The van der Waals surface area contributed by atoms with Gasteiger partial charge in [-0.3, -0.25) is 4.79 Å². The second-order valence-electron chi connectivity index (χ2n) is 5.54. The lowest BCUT2D eigenvalue weighted by Gasteiger charge is -2.22. The van der Waals surface area contributed by atoms with Crippen LogP contribution in [0, 0.1) is 5.82 Å². The van der Waals surface area contributed by atoms with Crippen molar-refractivity contribution in [2.24, 2.45) is 5.73 Å². The van der Waals surface area contributed by atoms with Crippen LogP contribution in [-0.2, 0) is 16.0 Å². The van der Waals surface area contributed by atoms with Crippen LogP contribution in [-0.4, -0.2) is 23.6 Å². The van der Waals surface area contributed by atoms with Gasteiger partial charge in [0.05, 0.1) is 0 Å². The number of ether oxygens (including phenoxy) is 1. The Bertz CT molecular complexity index is 544. The summed E-state index contributed by atoms with van der Waals surface area (Å²) in [6.45, 7) is 5.08. The summed E-state index contributed by atoms with van der Waals surface area (Å²) in [5.41, 5.74) is 4.81. The summed E-state index contributed by atoms with van der Waals surface area (Å²) in [5, 5.41) is 2.35. The van der Waals surface area contributed by atoms with Gasteiger partial charge in [-0.05, 0) is 44.5 Å². The zero-order chi connectivity index (χ0) is 16.2. The summed E-state index contributed by atoms with van der Waals surface area (Å²) in [6, 6.07) is 3.29. The van der Waals surface area contributed by atoms with E-state index < -0.39 is 29.5 Å². The van der Waals surface area contributed by atoms with Crippen LogP contribution in [0.25, 0.3) is 0 Å². The van der Waals surface area contributed by atoms with Crippen LogP contribution in [0.3, 0.4) is 0 Å². The quantitative estimate of drug-likeness (QED) is 0.865. The Labute approximate surface area is 131 Å². The number of halogens is 2. The van der Waals surface area contributed by atoms with Crippen molar-refractivity contribution in [1.29, 1.82) is 0 Å². The second-order valence-corrected chi connectivity index (χ2v) is 6.46. The summed E-state index contributed by atoms with van der Waals surface area (Å²) in [5.74, 6) is -1.24. The molecule has 1 rings (SSSR count). The molecule has 0 bridgehead atoms. The first kappa shape index (κ1) is 17.4. The van der Waals surface area contributed by atoms with Gasteiger partial charge in [0, 0.05) is 10.9 Å². The number of hydrogen-bond donors (Lipinski definition) is 2. The zero-order valence-electron chi connectivity index (χ0n) is 12.1. The minimum absolute atomic E-state index is 0.0557. The Morgan fingerprint density at radius 2 is 2.05 bits per heavy atom. The molecule has 5 nitrogen and oxygen atoms in total. The average molecular weight is 361 g/mol. The molecule has 0 radical (unpaired) electrons. The van der Waals surface area contributed by atoms with Gasteiger partial charge in [-0.25, -0.2) is 9.18 Å². The van der Waals surface area contributed by atoms with Crippen LogP contribution >= 0.6 is 15.9 Å². The molecule has 1 aromatic rings. The fourth-order valence-electron chi connectivity index (χ4n) is 1.59.